The van der Waals surface area contributed by atoms with Gasteiger partial charge in [-0.3, -0.25) is 0 Å². The second-order valence-electron chi connectivity index (χ2n) is 18.5. The molecule has 15 rings (SSSR count). The molecule has 4 heterocycles. The minimum atomic E-state index is -0.769. The minimum Gasteiger partial charge on any atom is -0.309 e. The van der Waals surface area contributed by atoms with Gasteiger partial charge in [0.2, 0.25) is 6.71 Å². The molecule has 0 fully saturated rings. The summed E-state index contributed by atoms with van der Waals surface area (Å²) in [5.74, 6) is 0. The number of nitrogens with zero attached hydrogens (tertiary/aromatic N) is 4. The lowest BCUT2D eigenvalue weighted by Crippen LogP contribution is -2.52. The van der Waals surface area contributed by atoms with E-state index in [-0.39, 0.29) is 29.6 Å². The first-order valence-electron chi connectivity index (χ1n) is 26.6. The van der Waals surface area contributed by atoms with E-state index in [9.17, 15) is 2.74 Å². The van der Waals surface area contributed by atoms with Crippen molar-refractivity contribution in [1.82, 2.24) is 18.3 Å². The molecular weight excluding hydrogens is 860 g/mol. The minimum absolute atomic E-state index is 0.216. The van der Waals surface area contributed by atoms with Crippen molar-refractivity contribution >= 4 is 110 Å². The topological polar surface area (TPSA) is 19.7 Å². The third-order valence-corrected chi connectivity index (χ3v) is 14.7. The van der Waals surface area contributed by atoms with Gasteiger partial charge in [0.1, 0.15) is 0 Å². The second kappa shape index (κ2) is 15.6. The summed E-state index contributed by atoms with van der Waals surface area (Å²) in [6, 6.07) is 79.4. The van der Waals surface area contributed by atoms with Gasteiger partial charge in [-0.1, -0.05) is 180 Å². The first-order valence-corrected chi connectivity index (χ1v) is 24.1. The van der Waals surface area contributed by atoms with Gasteiger partial charge in [-0.15, -0.1) is 0 Å². The van der Waals surface area contributed by atoms with Crippen molar-refractivity contribution in [1.29, 1.82) is 0 Å². The average Bonchev–Trinajstić information content (AvgIpc) is 4.29. The predicted octanol–water partition coefficient (Wildman–Crippen LogP) is 14.6. The molecule has 0 aliphatic rings. The number of aromatic nitrogens is 4. The lowest BCUT2D eigenvalue weighted by Gasteiger charge is -2.19. The van der Waals surface area contributed by atoms with Crippen LogP contribution in [0.3, 0.4) is 0 Å². The number of hydrogen-bond acceptors (Lipinski definition) is 0. The summed E-state index contributed by atoms with van der Waals surface area (Å²) in [6.45, 7) is -0.769. The van der Waals surface area contributed by atoms with Crippen LogP contribution in [0.2, 0.25) is 0 Å². The summed E-state index contributed by atoms with van der Waals surface area (Å²) < 4.78 is 55.0. The Labute approximate surface area is 417 Å². The summed E-state index contributed by atoms with van der Waals surface area (Å²) in [5, 5.41) is 9.14. The first kappa shape index (κ1) is 34.9. The van der Waals surface area contributed by atoms with Crippen LogP contribution in [0.1, 0.15) is 6.85 Å². The Bertz CT molecular complexity index is 4590. The molecule has 11 aromatic carbocycles. The molecule has 0 radical (unpaired) electrons. The fourth-order valence-corrected chi connectivity index (χ4v) is 11.7. The van der Waals surface area contributed by atoms with Gasteiger partial charge >= 0.3 is 0 Å². The van der Waals surface area contributed by atoms with Crippen LogP contribution in [-0.4, -0.2) is 25.0 Å². The van der Waals surface area contributed by atoms with Gasteiger partial charge in [0.05, 0.1) is 51.0 Å². The van der Waals surface area contributed by atoms with E-state index in [1.807, 2.05) is 36.4 Å². The number of para-hydroxylation sites is 6. The van der Waals surface area contributed by atoms with Gasteiger partial charge < -0.3 is 18.3 Å². The van der Waals surface area contributed by atoms with Crippen molar-refractivity contribution < 1.29 is 6.85 Å². The Kier molecular flexibility index (Phi) is 7.67. The average molecular weight is 908 g/mol. The maximum Gasteiger partial charge on any atom is 0.241 e. The van der Waals surface area contributed by atoms with Crippen LogP contribution in [0.5, 0.6) is 0 Å². The quantitative estimate of drug-likeness (QED) is 0.142. The van der Waals surface area contributed by atoms with E-state index in [0.717, 1.165) is 110 Å². The summed E-state index contributed by atoms with van der Waals surface area (Å²) in [5.41, 5.74) is 14.3. The molecule has 5 heteroatoms. The third kappa shape index (κ3) is 6.00. The van der Waals surface area contributed by atoms with Crippen LogP contribution in [0.4, 0.5) is 0 Å². The van der Waals surface area contributed by atoms with E-state index in [2.05, 4.69) is 212 Å². The van der Waals surface area contributed by atoms with E-state index in [0.29, 0.717) is 0 Å². The van der Waals surface area contributed by atoms with Crippen LogP contribution in [0.15, 0.2) is 261 Å². The molecule has 330 valence electrons. The molecular formula is C66H43BN4. The lowest BCUT2D eigenvalue weighted by atomic mass is 9.37. The molecule has 0 atom stereocenters. The number of fused-ring (bicyclic) bond motifs is 12. The maximum absolute atomic E-state index is 9.52. The molecule has 0 aliphatic carbocycles. The van der Waals surface area contributed by atoms with E-state index < -0.39 is 12.8 Å². The molecule has 15 aromatic rings. The van der Waals surface area contributed by atoms with Crippen LogP contribution < -0.4 is 16.4 Å². The molecule has 0 spiro atoms. The van der Waals surface area contributed by atoms with E-state index >= 15 is 0 Å². The maximum atomic E-state index is 9.52. The summed E-state index contributed by atoms with van der Waals surface area (Å²) in [4.78, 5) is 0. The Balaban J connectivity index is 0.970. The zero-order valence-corrected chi connectivity index (χ0v) is 38.3. The largest absolute Gasteiger partial charge is 0.309 e. The van der Waals surface area contributed by atoms with Gasteiger partial charge in [0, 0.05) is 65.8 Å². The number of hydrogen-bond donors (Lipinski definition) is 0. The molecule has 0 bridgehead atoms. The molecule has 4 nitrogen and oxygen atoms in total. The van der Waals surface area contributed by atoms with Gasteiger partial charge in [0.25, 0.3) is 0 Å². The predicted molar refractivity (Wildman–Crippen MR) is 301 cm³/mol. The van der Waals surface area contributed by atoms with Gasteiger partial charge in [-0.05, 0) is 97.1 Å². The highest BCUT2D eigenvalue weighted by Gasteiger charge is 2.25. The zero-order chi connectivity index (χ0) is 50.9. The SMILES string of the molecule is [2H]c1c([2H])c([2H])c(B(c2cccc(-n3c4ccccc4c4cc5c6ccccc6n(-c6ccccc6)c5cc43)c2)c2cccc(-n3c4ccccc4c4cc5c6ccccc6n(-c6ccccc6)c5cc43)c2)c([2H])c1[2H]. The highest BCUT2D eigenvalue weighted by molar-refractivity contribution is 6.95. The van der Waals surface area contributed by atoms with Crippen LogP contribution in [-0.2, 0) is 0 Å². The smallest absolute Gasteiger partial charge is 0.241 e. The highest BCUT2D eigenvalue weighted by atomic mass is 15.0. The van der Waals surface area contributed by atoms with Gasteiger partial charge in [-0.2, -0.15) is 0 Å². The molecule has 0 unspecified atom stereocenters. The van der Waals surface area contributed by atoms with E-state index in [1.165, 1.54) is 10.8 Å². The number of rotatable bonds is 7. The molecule has 0 saturated heterocycles. The second-order valence-corrected chi connectivity index (χ2v) is 18.5. The molecule has 0 saturated carbocycles. The van der Waals surface area contributed by atoms with Crippen molar-refractivity contribution in [2.75, 3.05) is 0 Å². The molecule has 0 N–H and O–H groups in total. The molecule has 4 aromatic heterocycles. The normalized spacial score (nSPS) is 12.9. The Morgan fingerprint density at radius 2 is 0.563 bits per heavy atom. The first-order chi connectivity index (χ1) is 37.3. The van der Waals surface area contributed by atoms with Crippen molar-refractivity contribution in [2.45, 2.75) is 0 Å². The Hall–Kier alpha value is -9.32. The Morgan fingerprint density at radius 1 is 0.239 bits per heavy atom. The summed E-state index contributed by atoms with van der Waals surface area (Å²) in [6.07, 6.45) is 0. The zero-order valence-electron chi connectivity index (χ0n) is 43.3. The third-order valence-electron chi connectivity index (χ3n) is 14.7. The molecule has 0 amide bonds. The summed E-state index contributed by atoms with van der Waals surface area (Å²) in [7, 11) is 0. The fourth-order valence-electron chi connectivity index (χ4n) is 11.7. The van der Waals surface area contributed by atoms with E-state index in [1.54, 1.807) is 0 Å². The molecule has 71 heavy (non-hydrogen) atoms. The standard InChI is InChI=1S/C66H43BN4/c1-4-20-44(21-5-1)67(45-22-18-28-49(38-45)70-61-36-16-12-32-53(61)57-40-55-51-30-10-14-34-59(51)68(63(55)42-65(57)70)47-24-6-2-7-25-47)46-23-19-29-50(39-46)71-62-37-17-13-33-54(62)58-41-56-52-31-11-15-35-60(52)69(64(56)43-66(58)71)48-26-8-3-9-27-48/h1-43H/i1D,4D,5D,20D,21D. The monoisotopic (exact) mass is 907 g/mol. The van der Waals surface area contributed by atoms with Crippen molar-refractivity contribution in [3.63, 3.8) is 0 Å². The van der Waals surface area contributed by atoms with Crippen LogP contribution in [0.25, 0.3) is 110 Å². The van der Waals surface area contributed by atoms with E-state index in [4.69, 9.17) is 4.11 Å². The molecule has 0 aliphatic heterocycles. The van der Waals surface area contributed by atoms with Crippen molar-refractivity contribution in [2.24, 2.45) is 0 Å². The number of benzene rings is 11. The Morgan fingerprint density at radius 3 is 0.944 bits per heavy atom. The van der Waals surface area contributed by atoms with Gasteiger partial charge in [0.15, 0.2) is 0 Å². The fraction of sp³-hybridized carbons (Fsp3) is 0. The van der Waals surface area contributed by atoms with Crippen LogP contribution >= 0.6 is 0 Å². The van der Waals surface area contributed by atoms with Crippen LogP contribution in [0, 0.1) is 0 Å². The van der Waals surface area contributed by atoms with Gasteiger partial charge in [-0.25, -0.2) is 0 Å². The summed E-state index contributed by atoms with van der Waals surface area (Å²) >= 11 is 0. The lowest BCUT2D eigenvalue weighted by molar-refractivity contribution is 1.17. The van der Waals surface area contributed by atoms with Crippen molar-refractivity contribution in [3.8, 4) is 22.7 Å². The highest BCUT2D eigenvalue weighted by Crippen LogP contribution is 2.41. The van der Waals surface area contributed by atoms with Crippen molar-refractivity contribution in [3.05, 3.63) is 261 Å².